The highest BCUT2D eigenvalue weighted by Crippen LogP contribution is 2.49. The van der Waals surface area contributed by atoms with E-state index in [1.54, 1.807) is 0 Å². The first-order valence-corrected chi connectivity index (χ1v) is 32.8. The van der Waals surface area contributed by atoms with Crippen LogP contribution in [0.15, 0.2) is 109 Å². The summed E-state index contributed by atoms with van der Waals surface area (Å²) in [5.74, 6) is 3.03. The Balaban J connectivity index is 1.41. The number of hydrogen-bond acceptors (Lipinski definition) is 4. The molecule has 10 rings (SSSR count). The second-order valence-corrected chi connectivity index (χ2v) is 33.4. The third kappa shape index (κ3) is 10.0. The summed E-state index contributed by atoms with van der Waals surface area (Å²) in [6.07, 6.45) is 2.91. The fraction of sp³-hybridized carbons (Fsp3) is 0.403. The highest BCUT2D eigenvalue weighted by molar-refractivity contribution is 6.88. The van der Waals surface area contributed by atoms with E-state index in [9.17, 15) is 5.11 Å². The van der Waals surface area contributed by atoms with Gasteiger partial charge in [0.25, 0.3) is 0 Å². The number of phenolic OH excluding ortho intramolecular Hbond substituents is 1. The molecule has 0 spiro atoms. The third-order valence-corrected chi connectivity index (χ3v) is 18.9. The molecule has 1 aliphatic heterocycles. The van der Waals surface area contributed by atoms with Gasteiger partial charge in [-0.2, -0.15) is 0 Å². The zero-order chi connectivity index (χ0) is 57.2. The molecule has 0 bridgehead atoms. The molecule has 4 heterocycles. The van der Waals surface area contributed by atoms with Crippen LogP contribution in [0.5, 0.6) is 5.75 Å². The molecule has 0 radical (unpaired) electrons. The maximum Gasteiger partial charge on any atom is 0.149 e. The van der Waals surface area contributed by atoms with Crippen LogP contribution in [-0.2, 0) is 29.2 Å². The van der Waals surface area contributed by atoms with Gasteiger partial charge in [0.2, 0.25) is 0 Å². The van der Waals surface area contributed by atoms with E-state index < -0.39 is 8.07 Å². The smallest absolute Gasteiger partial charge is 0.149 e. The monoisotopic (exact) mass is 1070 g/mol. The Morgan fingerprint density at radius 3 is 1.70 bits per heavy atom. The molecule has 6 nitrogen and oxygen atoms in total. The number of imidazole rings is 2. The molecule has 0 saturated carbocycles. The van der Waals surface area contributed by atoms with Gasteiger partial charge in [0.05, 0.1) is 36.1 Å². The van der Waals surface area contributed by atoms with Gasteiger partial charge in [-0.3, -0.25) is 9.55 Å². The summed E-state index contributed by atoms with van der Waals surface area (Å²) >= 11 is 0. The van der Waals surface area contributed by atoms with Crippen molar-refractivity contribution >= 4 is 35.3 Å². The second kappa shape index (κ2) is 19.9. The zero-order valence-corrected chi connectivity index (χ0v) is 52.3. The lowest BCUT2D eigenvalue weighted by atomic mass is 9.79. The van der Waals surface area contributed by atoms with Crippen LogP contribution >= 0.6 is 0 Å². The lowest BCUT2D eigenvalue weighted by Crippen LogP contribution is -2.38. The topological polar surface area (TPSA) is 68.8 Å². The number of rotatable bonds is 10. The van der Waals surface area contributed by atoms with Crippen LogP contribution in [0.2, 0.25) is 19.6 Å². The molecule has 9 aromatic rings. The molecule has 7 heteroatoms. The first-order valence-electron chi connectivity index (χ1n) is 29.3. The van der Waals surface area contributed by atoms with E-state index in [0.717, 1.165) is 91.4 Å². The Hall–Kier alpha value is -6.57. The van der Waals surface area contributed by atoms with Crippen molar-refractivity contribution in [3.63, 3.8) is 0 Å². The highest BCUT2D eigenvalue weighted by Gasteiger charge is 2.34. The Bertz CT molecular complexity index is 3800. The fourth-order valence-electron chi connectivity index (χ4n) is 12.1. The van der Waals surface area contributed by atoms with Crippen molar-refractivity contribution in [1.29, 1.82) is 0 Å². The van der Waals surface area contributed by atoms with Crippen molar-refractivity contribution in [2.75, 3.05) is 0 Å². The van der Waals surface area contributed by atoms with E-state index in [0.29, 0.717) is 11.8 Å². The van der Waals surface area contributed by atoms with Crippen molar-refractivity contribution in [2.24, 2.45) is 0 Å². The average molecular weight is 1070 g/mol. The Morgan fingerprint density at radius 2 is 1.11 bits per heavy atom. The van der Waals surface area contributed by atoms with Crippen LogP contribution in [0.4, 0.5) is 0 Å². The Labute approximate surface area is 473 Å². The number of benzene rings is 6. The molecule has 0 amide bonds. The minimum Gasteiger partial charge on any atom is -0.507 e. The van der Waals surface area contributed by atoms with Gasteiger partial charge in [0.15, 0.2) is 0 Å². The Kier molecular flexibility index (Phi) is 14.0. The summed E-state index contributed by atoms with van der Waals surface area (Å²) in [6.45, 7) is 47.1. The third-order valence-electron chi connectivity index (χ3n) is 16.9. The van der Waals surface area contributed by atoms with Crippen LogP contribution in [-0.4, -0.2) is 37.3 Å². The molecule has 6 aromatic carbocycles. The zero-order valence-electron chi connectivity index (χ0n) is 51.3. The van der Waals surface area contributed by atoms with Crippen molar-refractivity contribution in [3.05, 3.63) is 154 Å². The largest absolute Gasteiger partial charge is 0.507 e. The molecule has 0 saturated heterocycles. The first-order chi connectivity index (χ1) is 36.9. The molecular weight excluding hydrogens is 979 g/mol. The SMILES string of the molecule is CC(C)c1cccc(C(C)C)c1-c1ccnc(-c2cc(-c3cc4c(nc5n4CCc4ccccc4-5)c4c3nc(-c3cc(C(C)(C)C)cc(C(C)(C)C)c3O)n4-c3c(C(C)C)cc([Si](C)(C)C)cc3C(C)C)cc(C(C)(C)C)c2)c1. The number of pyridine rings is 1. The lowest BCUT2D eigenvalue weighted by molar-refractivity contribution is 0.446. The quantitative estimate of drug-likeness (QED) is 0.139. The Morgan fingerprint density at radius 1 is 0.532 bits per heavy atom. The molecule has 1 aliphatic rings. The summed E-state index contributed by atoms with van der Waals surface area (Å²) in [4.78, 5) is 17.1. The summed E-state index contributed by atoms with van der Waals surface area (Å²) in [5, 5.41) is 14.6. The van der Waals surface area contributed by atoms with E-state index >= 15 is 0 Å². The van der Waals surface area contributed by atoms with E-state index in [4.69, 9.17) is 15.0 Å². The van der Waals surface area contributed by atoms with Crippen LogP contribution in [0.1, 0.15) is 186 Å². The van der Waals surface area contributed by atoms with Gasteiger partial charge in [0.1, 0.15) is 28.4 Å². The van der Waals surface area contributed by atoms with Crippen molar-refractivity contribution in [1.82, 2.24) is 24.1 Å². The summed E-state index contributed by atoms with van der Waals surface area (Å²) < 4.78 is 4.93. The minimum absolute atomic E-state index is 0.174. The molecule has 0 unspecified atom stereocenters. The van der Waals surface area contributed by atoms with Crippen LogP contribution in [0.25, 0.3) is 84.0 Å². The molecule has 0 atom stereocenters. The lowest BCUT2D eigenvalue weighted by Gasteiger charge is -2.29. The fourth-order valence-corrected chi connectivity index (χ4v) is 13.3. The minimum atomic E-state index is -1.81. The number of aryl methyl sites for hydroxylation is 2. The van der Waals surface area contributed by atoms with Crippen LogP contribution in [0, 0.1) is 0 Å². The number of hydrogen-bond donors (Lipinski definition) is 1. The van der Waals surface area contributed by atoms with Crippen molar-refractivity contribution in [3.8, 4) is 67.7 Å². The number of aromatic nitrogens is 5. The van der Waals surface area contributed by atoms with Gasteiger partial charge in [-0.25, -0.2) is 9.97 Å². The molecule has 1 N–H and O–H groups in total. The molecule has 79 heavy (non-hydrogen) atoms. The van der Waals surface area contributed by atoms with Gasteiger partial charge < -0.3 is 9.67 Å². The summed E-state index contributed by atoms with van der Waals surface area (Å²) in [7, 11) is -1.81. The van der Waals surface area contributed by atoms with E-state index in [2.05, 4.69) is 250 Å². The number of fused-ring (bicyclic) bond motifs is 7. The van der Waals surface area contributed by atoms with Gasteiger partial charge in [-0.1, -0.05) is 209 Å². The number of phenols is 1. The molecule has 0 aliphatic carbocycles. The van der Waals surface area contributed by atoms with Crippen LogP contribution in [0.3, 0.4) is 0 Å². The average Bonchev–Trinajstić information content (AvgIpc) is 4.00. The predicted octanol–water partition coefficient (Wildman–Crippen LogP) is 19.3. The maximum atomic E-state index is 13.1. The molecule has 0 fully saturated rings. The van der Waals surface area contributed by atoms with Crippen LogP contribution < -0.4 is 5.19 Å². The summed E-state index contributed by atoms with van der Waals surface area (Å²) in [6, 6.07) is 39.1. The highest BCUT2D eigenvalue weighted by atomic mass is 28.3. The maximum absolute atomic E-state index is 13.1. The second-order valence-electron chi connectivity index (χ2n) is 28.3. The first kappa shape index (κ1) is 55.7. The van der Waals surface area contributed by atoms with E-state index in [1.165, 1.54) is 55.3 Å². The van der Waals surface area contributed by atoms with Crippen molar-refractivity contribution in [2.45, 2.75) is 190 Å². The number of aromatic hydroxyl groups is 1. The normalized spacial score (nSPS) is 13.5. The van der Waals surface area contributed by atoms with E-state index in [-0.39, 0.29) is 33.8 Å². The van der Waals surface area contributed by atoms with Gasteiger partial charge in [-0.05, 0) is 138 Å². The number of nitrogens with zero attached hydrogens (tertiary/aromatic N) is 5. The van der Waals surface area contributed by atoms with Gasteiger partial charge >= 0.3 is 0 Å². The van der Waals surface area contributed by atoms with Gasteiger partial charge in [0, 0.05) is 35.0 Å². The molecule has 3 aromatic heterocycles. The predicted molar refractivity (Wildman–Crippen MR) is 340 cm³/mol. The standard InChI is InChI=1S/C72H87N5OSi/c1-41(2)52-26-23-27-53(42(3)4)62(52)46-28-30-73-60(35-46)48-32-47(33-49(34-48)70(9,10)11)57-40-61-64(75-68-54-25-22-21-24-45(54)29-31-76(61)68)66-63(57)74-69(58-36-50(71(12,13)14)37-59(67(58)78)72(15,16)17)77(66)65-55(43(5)6)38-51(79(18,19)20)39-56(65)44(7)8/h21-28,30,32-44,78H,29,31H2,1-20H3. The van der Waals surface area contributed by atoms with E-state index in [1.807, 2.05) is 6.20 Å². The molecule has 410 valence electrons. The molecular formula is C72H87N5OSi. The van der Waals surface area contributed by atoms with Gasteiger partial charge in [-0.15, -0.1) is 0 Å². The van der Waals surface area contributed by atoms with Crippen molar-refractivity contribution < 1.29 is 5.11 Å². The summed E-state index contributed by atoms with van der Waals surface area (Å²) in [5.41, 5.74) is 22.5.